The smallest absolute Gasteiger partial charge is 0.249 e. The van der Waals surface area contributed by atoms with Crippen molar-refractivity contribution in [2.24, 2.45) is 5.73 Å². The quantitative estimate of drug-likeness (QED) is 0.629. The summed E-state index contributed by atoms with van der Waals surface area (Å²) >= 11 is 0. The van der Waals surface area contributed by atoms with Crippen LogP contribution in [-0.4, -0.2) is 10.5 Å². The van der Waals surface area contributed by atoms with Crippen molar-refractivity contribution < 1.29 is 9.21 Å². The molecule has 0 aliphatic carbocycles. The van der Waals surface area contributed by atoms with Crippen LogP contribution in [-0.2, 0) is 6.54 Å². The lowest BCUT2D eigenvalue weighted by Crippen LogP contribution is -2.11. The fourth-order valence-corrected chi connectivity index (χ4v) is 2.95. The van der Waals surface area contributed by atoms with Crippen LogP contribution in [0.5, 0.6) is 0 Å². The molecule has 2 heterocycles. The van der Waals surface area contributed by atoms with E-state index in [-0.39, 0.29) is 0 Å². The molecule has 107 valence electrons. The SMILES string of the molecule is NC(=O)c1cccc2c1c1[c]cccc1n2Cc1ccoc1. The van der Waals surface area contributed by atoms with E-state index in [0.29, 0.717) is 12.1 Å². The Morgan fingerprint density at radius 1 is 1.18 bits per heavy atom. The summed E-state index contributed by atoms with van der Waals surface area (Å²) < 4.78 is 7.31. The number of aromatic nitrogens is 1. The summed E-state index contributed by atoms with van der Waals surface area (Å²) in [6, 6.07) is 16.6. The first-order valence-electron chi connectivity index (χ1n) is 6.98. The zero-order valence-corrected chi connectivity index (χ0v) is 11.7. The Hall–Kier alpha value is -3.01. The summed E-state index contributed by atoms with van der Waals surface area (Å²) in [5.41, 5.74) is 9.11. The maximum atomic E-state index is 11.8. The molecule has 0 saturated heterocycles. The van der Waals surface area contributed by atoms with E-state index in [9.17, 15) is 4.79 Å². The van der Waals surface area contributed by atoms with Gasteiger partial charge in [0.05, 0.1) is 30.1 Å². The van der Waals surface area contributed by atoms with Crippen molar-refractivity contribution in [2.45, 2.75) is 6.54 Å². The van der Waals surface area contributed by atoms with Crippen LogP contribution in [0.1, 0.15) is 15.9 Å². The molecule has 0 saturated carbocycles. The molecule has 2 aromatic heterocycles. The second kappa shape index (κ2) is 4.77. The molecule has 0 unspecified atom stereocenters. The van der Waals surface area contributed by atoms with Gasteiger partial charge < -0.3 is 14.7 Å². The van der Waals surface area contributed by atoms with Gasteiger partial charge in [-0.15, -0.1) is 0 Å². The first-order valence-corrected chi connectivity index (χ1v) is 6.98. The normalized spacial score (nSPS) is 11.3. The molecule has 0 fully saturated rings. The van der Waals surface area contributed by atoms with E-state index < -0.39 is 5.91 Å². The molecular weight excluding hydrogens is 276 g/mol. The first-order chi connectivity index (χ1) is 10.8. The minimum Gasteiger partial charge on any atom is -0.472 e. The molecule has 4 aromatic rings. The van der Waals surface area contributed by atoms with Gasteiger partial charge in [-0.05, 0) is 30.3 Å². The molecule has 2 N–H and O–H groups in total. The van der Waals surface area contributed by atoms with Gasteiger partial charge in [-0.3, -0.25) is 4.79 Å². The van der Waals surface area contributed by atoms with Crippen LogP contribution in [0.15, 0.2) is 59.4 Å². The number of primary amides is 1. The summed E-state index contributed by atoms with van der Waals surface area (Å²) in [6.45, 7) is 0.663. The number of hydrogen-bond acceptors (Lipinski definition) is 2. The Balaban J connectivity index is 2.09. The fraction of sp³-hybridized carbons (Fsp3) is 0.0556. The van der Waals surface area contributed by atoms with Crippen LogP contribution in [0.2, 0.25) is 0 Å². The molecule has 0 aliphatic heterocycles. The van der Waals surface area contributed by atoms with Crippen molar-refractivity contribution in [1.82, 2.24) is 4.57 Å². The molecule has 22 heavy (non-hydrogen) atoms. The Bertz CT molecular complexity index is 981. The third-order valence-electron chi connectivity index (χ3n) is 3.89. The minimum atomic E-state index is -0.426. The highest BCUT2D eigenvalue weighted by Gasteiger charge is 2.16. The van der Waals surface area contributed by atoms with Crippen LogP contribution in [0, 0.1) is 6.07 Å². The van der Waals surface area contributed by atoms with E-state index in [4.69, 9.17) is 10.2 Å². The minimum absolute atomic E-state index is 0.426. The molecule has 0 spiro atoms. The zero-order chi connectivity index (χ0) is 15.1. The number of benzene rings is 2. The Morgan fingerprint density at radius 3 is 2.82 bits per heavy atom. The number of amides is 1. The van der Waals surface area contributed by atoms with E-state index >= 15 is 0 Å². The summed E-state index contributed by atoms with van der Waals surface area (Å²) in [4.78, 5) is 11.8. The average molecular weight is 289 g/mol. The van der Waals surface area contributed by atoms with Crippen molar-refractivity contribution in [3.8, 4) is 0 Å². The highest BCUT2D eigenvalue weighted by Crippen LogP contribution is 2.31. The van der Waals surface area contributed by atoms with E-state index in [1.54, 1.807) is 18.6 Å². The number of fused-ring (bicyclic) bond motifs is 3. The third-order valence-corrected chi connectivity index (χ3v) is 3.89. The number of carbonyl (C=O) groups excluding carboxylic acids is 1. The van der Waals surface area contributed by atoms with E-state index in [2.05, 4.69) is 10.6 Å². The van der Waals surface area contributed by atoms with Crippen molar-refractivity contribution in [3.63, 3.8) is 0 Å². The topological polar surface area (TPSA) is 61.2 Å². The lowest BCUT2D eigenvalue weighted by Gasteiger charge is -2.06. The molecule has 1 amide bonds. The summed E-state index contributed by atoms with van der Waals surface area (Å²) in [5, 5.41) is 1.77. The summed E-state index contributed by atoms with van der Waals surface area (Å²) in [6.07, 6.45) is 3.38. The number of furan rings is 1. The number of nitrogens with two attached hydrogens (primary N) is 1. The van der Waals surface area contributed by atoms with Crippen LogP contribution >= 0.6 is 0 Å². The van der Waals surface area contributed by atoms with Crippen LogP contribution in [0.4, 0.5) is 0 Å². The standard InChI is InChI=1S/C18H13N2O2/c19-18(21)14-5-3-7-16-17(14)13-4-1-2-6-15(13)20(16)10-12-8-9-22-11-12/h1-3,5-9,11H,10H2,(H2,19,21). The van der Waals surface area contributed by atoms with Gasteiger partial charge in [0.1, 0.15) is 0 Å². The van der Waals surface area contributed by atoms with E-state index in [0.717, 1.165) is 27.4 Å². The molecule has 4 heteroatoms. The maximum Gasteiger partial charge on any atom is 0.249 e. The number of hydrogen-bond donors (Lipinski definition) is 1. The van der Waals surface area contributed by atoms with Gasteiger partial charge in [0.2, 0.25) is 5.91 Å². The monoisotopic (exact) mass is 289 g/mol. The molecule has 0 bridgehead atoms. The second-order valence-corrected chi connectivity index (χ2v) is 5.21. The Kier molecular flexibility index (Phi) is 2.76. The second-order valence-electron chi connectivity index (χ2n) is 5.21. The van der Waals surface area contributed by atoms with Gasteiger partial charge in [0.15, 0.2) is 0 Å². The largest absolute Gasteiger partial charge is 0.472 e. The van der Waals surface area contributed by atoms with E-state index in [1.165, 1.54) is 0 Å². The number of nitrogens with zero attached hydrogens (tertiary/aromatic N) is 1. The number of carbonyl (C=O) groups is 1. The lowest BCUT2D eigenvalue weighted by atomic mass is 10.1. The summed E-state index contributed by atoms with van der Waals surface area (Å²) in [7, 11) is 0. The van der Waals surface area contributed by atoms with Crippen molar-refractivity contribution >= 4 is 27.7 Å². The third kappa shape index (κ3) is 1.81. The van der Waals surface area contributed by atoms with Gasteiger partial charge in [0.25, 0.3) is 0 Å². The Labute approximate surface area is 126 Å². The van der Waals surface area contributed by atoms with Crippen molar-refractivity contribution in [3.05, 3.63) is 72.2 Å². The summed E-state index contributed by atoms with van der Waals surface area (Å²) in [5.74, 6) is -0.426. The van der Waals surface area contributed by atoms with Gasteiger partial charge in [-0.1, -0.05) is 18.2 Å². The highest BCUT2D eigenvalue weighted by molar-refractivity contribution is 6.17. The molecule has 0 atom stereocenters. The van der Waals surface area contributed by atoms with Gasteiger partial charge in [-0.25, -0.2) is 0 Å². The maximum absolute atomic E-state index is 11.8. The average Bonchev–Trinajstić information content (AvgIpc) is 3.15. The zero-order valence-electron chi connectivity index (χ0n) is 11.7. The van der Waals surface area contributed by atoms with Crippen LogP contribution in [0.3, 0.4) is 0 Å². The van der Waals surface area contributed by atoms with Crippen LogP contribution in [0.25, 0.3) is 21.8 Å². The number of rotatable bonds is 3. The van der Waals surface area contributed by atoms with Gasteiger partial charge in [0, 0.05) is 21.9 Å². The van der Waals surface area contributed by atoms with Crippen molar-refractivity contribution in [1.29, 1.82) is 0 Å². The van der Waals surface area contributed by atoms with E-state index in [1.807, 2.05) is 36.4 Å². The highest BCUT2D eigenvalue weighted by atomic mass is 16.3. The van der Waals surface area contributed by atoms with Gasteiger partial charge in [-0.2, -0.15) is 0 Å². The van der Waals surface area contributed by atoms with Gasteiger partial charge >= 0.3 is 0 Å². The molecule has 2 aromatic carbocycles. The predicted octanol–water partition coefficient (Wildman–Crippen LogP) is 3.33. The lowest BCUT2D eigenvalue weighted by molar-refractivity contribution is 0.100. The molecular formula is C18H13N2O2. The molecule has 1 radical (unpaired) electrons. The van der Waals surface area contributed by atoms with Crippen molar-refractivity contribution in [2.75, 3.05) is 0 Å². The Morgan fingerprint density at radius 2 is 2.05 bits per heavy atom. The molecule has 4 rings (SSSR count). The molecule has 0 aliphatic rings. The molecule has 4 nitrogen and oxygen atoms in total. The van der Waals surface area contributed by atoms with Crippen LogP contribution < -0.4 is 5.73 Å². The first kappa shape index (κ1) is 12.7. The fourth-order valence-electron chi connectivity index (χ4n) is 2.95. The predicted molar refractivity (Wildman–Crippen MR) is 84.6 cm³/mol.